The SMILES string of the molecule is Cc1ccc(-c2cnc(NC(C)C)nc2)c(C)c1C. The molecule has 0 aliphatic carbocycles. The van der Waals surface area contributed by atoms with Crippen LogP contribution < -0.4 is 5.32 Å². The maximum Gasteiger partial charge on any atom is 0.222 e. The molecular formula is C16H21N3. The summed E-state index contributed by atoms with van der Waals surface area (Å²) in [7, 11) is 0. The van der Waals surface area contributed by atoms with Gasteiger partial charge in [-0.15, -0.1) is 0 Å². The molecule has 0 unspecified atom stereocenters. The monoisotopic (exact) mass is 255 g/mol. The average Bonchev–Trinajstić information content (AvgIpc) is 2.37. The molecule has 1 aromatic heterocycles. The summed E-state index contributed by atoms with van der Waals surface area (Å²) in [4.78, 5) is 8.73. The first kappa shape index (κ1) is 13.5. The van der Waals surface area contributed by atoms with E-state index in [1.54, 1.807) is 0 Å². The van der Waals surface area contributed by atoms with Gasteiger partial charge in [0.15, 0.2) is 0 Å². The zero-order valence-corrected chi connectivity index (χ0v) is 12.3. The van der Waals surface area contributed by atoms with E-state index in [0.29, 0.717) is 12.0 Å². The minimum Gasteiger partial charge on any atom is -0.352 e. The molecule has 0 saturated carbocycles. The molecule has 0 aliphatic heterocycles. The molecule has 0 spiro atoms. The summed E-state index contributed by atoms with van der Waals surface area (Å²) in [6, 6.07) is 4.64. The Morgan fingerprint density at radius 2 is 1.58 bits per heavy atom. The van der Waals surface area contributed by atoms with Crippen LogP contribution in [0.25, 0.3) is 11.1 Å². The molecule has 2 rings (SSSR count). The van der Waals surface area contributed by atoms with E-state index >= 15 is 0 Å². The lowest BCUT2D eigenvalue weighted by molar-refractivity contribution is 0.874. The van der Waals surface area contributed by atoms with Crippen molar-refractivity contribution in [3.63, 3.8) is 0 Å². The Labute approximate surface area is 115 Å². The van der Waals surface area contributed by atoms with E-state index in [-0.39, 0.29) is 0 Å². The normalized spacial score (nSPS) is 10.8. The molecule has 0 saturated heterocycles. The van der Waals surface area contributed by atoms with E-state index in [1.807, 2.05) is 12.4 Å². The van der Waals surface area contributed by atoms with E-state index in [4.69, 9.17) is 0 Å². The van der Waals surface area contributed by atoms with Crippen LogP contribution in [-0.4, -0.2) is 16.0 Å². The van der Waals surface area contributed by atoms with Crippen molar-refractivity contribution in [3.8, 4) is 11.1 Å². The summed E-state index contributed by atoms with van der Waals surface area (Å²) in [5, 5.41) is 3.20. The topological polar surface area (TPSA) is 37.8 Å². The molecule has 1 heterocycles. The lowest BCUT2D eigenvalue weighted by Gasteiger charge is -2.12. The largest absolute Gasteiger partial charge is 0.352 e. The summed E-state index contributed by atoms with van der Waals surface area (Å²) in [6.07, 6.45) is 3.77. The fourth-order valence-electron chi connectivity index (χ4n) is 2.07. The van der Waals surface area contributed by atoms with Gasteiger partial charge in [0.2, 0.25) is 5.95 Å². The van der Waals surface area contributed by atoms with Gasteiger partial charge in [0.1, 0.15) is 0 Å². The van der Waals surface area contributed by atoms with E-state index < -0.39 is 0 Å². The molecule has 0 fully saturated rings. The number of rotatable bonds is 3. The molecule has 0 amide bonds. The minimum absolute atomic E-state index is 0.342. The second-order valence-electron chi connectivity index (χ2n) is 5.27. The Balaban J connectivity index is 2.35. The predicted octanol–water partition coefficient (Wildman–Crippen LogP) is 3.89. The van der Waals surface area contributed by atoms with Crippen molar-refractivity contribution in [2.45, 2.75) is 40.7 Å². The van der Waals surface area contributed by atoms with Crippen molar-refractivity contribution in [3.05, 3.63) is 41.2 Å². The molecule has 0 bridgehead atoms. The molecule has 3 nitrogen and oxygen atoms in total. The summed E-state index contributed by atoms with van der Waals surface area (Å²) in [6.45, 7) is 10.6. The quantitative estimate of drug-likeness (QED) is 0.904. The van der Waals surface area contributed by atoms with E-state index in [0.717, 1.165) is 5.56 Å². The van der Waals surface area contributed by atoms with Crippen molar-refractivity contribution in [1.82, 2.24) is 9.97 Å². The van der Waals surface area contributed by atoms with Crippen LogP contribution in [0.3, 0.4) is 0 Å². The summed E-state index contributed by atoms with van der Waals surface area (Å²) in [5.74, 6) is 0.681. The number of aryl methyl sites for hydroxylation is 1. The highest BCUT2D eigenvalue weighted by Crippen LogP contribution is 2.26. The number of anilines is 1. The third kappa shape index (κ3) is 2.92. The average molecular weight is 255 g/mol. The minimum atomic E-state index is 0.342. The van der Waals surface area contributed by atoms with Crippen molar-refractivity contribution < 1.29 is 0 Å². The van der Waals surface area contributed by atoms with Crippen LogP contribution >= 0.6 is 0 Å². The van der Waals surface area contributed by atoms with Crippen LogP contribution in [0.5, 0.6) is 0 Å². The molecular weight excluding hydrogens is 234 g/mol. The first-order chi connectivity index (χ1) is 8.99. The Kier molecular flexibility index (Phi) is 3.84. The second kappa shape index (κ2) is 5.39. The molecule has 0 radical (unpaired) electrons. The number of hydrogen-bond donors (Lipinski definition) is 1. The molecule has 1 N–H and O–H groups in total. The number of aromatic nitrogens is 2. The Hall–Kier alpha value is -1.90. The Bertz CT molecular complexity index is 571. The van der Waals surface area contributed by atoms with Gasteiger partial charge >= 0.3 is 0 Å². The molecule has 0 atom stereocenters. The molecule has 100 valence electrons. The number of benzene rings is 1. The van der Waals surface area contributed by atoms with Crippen molar-refractivity contribution in [2.24, 2.45) is 0 Å². The third-order valence-corrected chi connectivity index (χ3v) is 3.44. The summed E-state index contributed by atoms with van der Waals surface area (Å²) >= 11 is 0. The highest BCUT2D eigenvalue weighted by atomic mass is 15.1. The Morgan fingerprint density at radius 1 is 0.947 bits per heavy atom. The number of nitrogens with zero attached hydrogens (tertiary/aromatic N) is 2. The van der Waals surface area contributed by atoms with E-state index in [2.05, 4.69) is 62.0 Å². The van der Waals surface area contributed by atoms with Gasteiger partial charge in [-0.3, -0.25) is 0 Å². The van der Waals surface area contributed by atoms with Gasteiger partial charge in [-0.05, 0) is 56.9 Å². The molecule has 19 heavy (non-hydrogen) atoms. The number of nitrogens with one attached hydrogen (secondary N) is 1. The van der Waals surface area contributed by atoms with Crippen LogP contribution in [0.1, 0.15) is 30.5 Å². The van der Waals surface area contributed by atoms with Crippen molar-refractivity contribution in [1.29, 1.82) is 0 Å². The van der Waals surface area contributed by atoms with Crippen LogP contribution in [0.2, 0.25) is 0 Å². The maximum atomic E-state index is 4.37. The van der Waals surface area contributed by atoms with Crippen LogP contribution in [-0.2, 0) is 0 Å². The predicted molar refractivity (Wildman–Crippen MR) is 80.4 cm³/mol. The fraction of sp³-hybridized carbons (Fsp3) is 0.375. The van der Waals surface area contributed by atoms with E-state index in [1.165, 1.54) is 22.3 Å². The van der Waals surface area contributed by atoms with Gasteiger partial charge in [0.05, 0.1) is 0 Å². The van der Waals surface area contributed by atoms with Crippen molar-refractivity contribution >= 4 is 5.95 Å². The zero-order valence-electron chi connectivity index (χ0n) is 12.3. The maximum absolute atomic E-state index is 4.37. The summed E-state index contributed by atoms with van der Waals surface area (Å²) < 4.78 is 0. The van der Waals surface area contributed by atoms with Gasteiger partial charge in [0, 0.05) is 24.0 Å². The first-order valence-electron chi connectivity index (χ1n) is 6.65. The summed E-state index contributed by atoms with van der Waals surface area (Å²) in [5.41, 5.74) is 6.23. The van der Waals surface area contributed by atoms with Gasteiger partial charge in [-0.1, -0.05) is 12.1 Å². The van der Waals surface area contributed by atoms with Gasteiger partial charge in [0.25, 0.3) is 0 Å². The smallest absolute Gasteiger partial charge is 0.222 e. The van der Waals surface area contributed by atoms with Gasteiger partial charge in [-0.2, -0.15) is 0 Å². The third-order valence-electron chi connectivity index (χ3n) is 3.44. The highest BCUT2D eigenvalue weighted by molar-refractivity contribution is 5.68. The zero-order chi connectivity index (χ0) is 14.0. The molecule has 0 aliphatic rings. The molecule has 3 heteroatoms. The number of hydrogen-bond acceptors (Lipinski definition) is 3. The fourth-order valence-corrected chi connectivity index (χ4v) is 2.07. The Morgan fingerprint density at radius 3 is 2.16 bits per heavy atom. The lowest BCUT2D eigenvalue weighted by atomic mass is 9.96. The van der Waals surface area contributed by atoms with Gasteiger partial charge in [-0.25, -0.2) is 9.97 Å². The molecule has 2 aromatic rings. The lowest BCUT2D eigenvalue weighted by Crippen LogP contribution is -2.12. The second-order valence-corrected chi connectivity index (χ2v) is 5.27. The highest BCUT2D eigenvalue weighted by Gasteiger charge is 2.07. The van der Waals surface area contributed by atoms with Crippen LogP contribution in [0.15, 0.2) is 24.5 Å². The van der Waals surface area contributed by atoms with Crippen molar-refractivity contribution in [2.75, 3.05) is 5.32 Å². The standard InChI is InChI=1S/C16H21N3/c1-10(2)19-16-17-8-14(9-18-16)15-7-6-11(3)12(4)13(15)5/h6-10H,1-5H3,(H,17,18,19). The molecule has 1 aromatic carbocycles. The van der Waals surface area contributed by atoms with Crippen LogP contribution in [0.4, 0.5) is 5.95 Å². The van der Waals surface area contributed by atoms with Crippen LogP contribution in [0, 0.1) is 20.8 Å². The first-order valence-corrected chi connectivity index (χ1v) is 6.65. The van der Waals surface area contributed by atoms with E-state index in [9.17, 15) is 0 Å². The van der Waals surface area contributed by atoms with Gasteiger partial charge < -0.3 is 5.32 Å².